The first-order valence-electron chi connectivity index (χ1n) is 2.82. The molecule has 0 saturated heterocycles. The summed E-state index contributed by atoms with van der Waals surface area (Å²) in [6.45, 7) is 1.76. The largest absolute Gasteiger partial charge is 0.223 e. The summed E-state index contributed by atoms with van der Waals surface area (Å²) in [7, 11) is 0. The van der Waals surface area contributed by atoms with Gasteiger partial charge in [0.1, 0.15) is 12.7 Å². The van der Waals surface area contributed by atoms with E-state index in [0.29, 0.717) is 6.42 Å². The van der Waals surface area contributed by atoms with Gasteiger partial charge in [-0.05, 0) is 6.42 Å². The van der Waals surface area contributed by atoms with E-state index >= 15 is 0 Å². The summed E-state index contributed by atoms with van der Waals surface area (Å²) in [5, 5.41) is 3.62. The number of halogens is 1. The Morgan fingerprint density at radius 2 is 2.56 bits per heavy atom. The molecule has 4 heteroatoms. The van der Waals surface area contributed by atoms with Crippen LogP contribution in [0.15, 0.2) is 12.7 Å². The molecule has 1 heterocycles. The molecule has 0 aliphatic rings. The van der Waals surface area contributed by atoms with Gasteiger partial charge in [0.05, 0.1) is 0 Å². The Labute approximate surface area is 52.5 Å². The molecule has 50 valence electrons. The maximum Gasteiger partial charge on any atom is 0.193 e. The van der Waals surface area contributed by atoms with Crippen molar-refractivity contribution >= 4 is 0 Å². The number of hydrogen-bond donors (Lipinski definition) is 0. The molecule has 0 fully saturated rings. The molecule has 0 amide bonds. The Morgan fingerprint density at radius 1 is 1.78 bits per heavy atom. The van der Waals surface area contributed by atoms with E-state index in [-0.39, 0.29) is 0 Å². The van der Waals surface area contributed by atoms with Crippen molar-refractivity contribution in [2.45, 2.75) is 19.6 Å². The molecule has 0 bridgehead atoms. The number of hydrogen-bond acceptors (Lipinski definition) is 2. The summed E-state index contributed by atoms with van der Waals surface area (Å²) in [4.78, 5) is 3.60. The van der Waals surface area contributed by atoms with Gasteiger partial charge in [0, 0.05) is 0 Å². The molecule has 1 unspecified atom stereocenters. The third kappa shape index (κ3) is 1.25. The van der Waals surface area contributed by atoms with Crippen molar-refractivity contribution in [1.82, 2.24) is 14.8 Å². The summed E-state index contributed by atoms with van der Waals surface area (Å²) in [6.07, 6.45) is 2.10. The number of alkyl halides is 1. The van der Waals surface area contributed by atoms with Crippen molar-refractivity contribution in [1.29, 1.82) is 0 Å². The predicted molar refractivity (Wildman–Crippen MR) is 30.5 cm³/mol. The molecule has 0 aliphatic carbocycles. The van der Waals surface area contributed by atoms with E-state index in [4.69, 9.17) is 0 Å². The quantitative estimate of drug-likeness (QED) is 0.599. The molecule has 0 N–H and O–H groups in total. The van der Waals surface area contributed by atoms with Gasteiger partial charge >= 0.3 is 0 Å². The average molecular weight is 129 g/mol. The standard InChI is InChI=1S/C5H8FN3/c1-2-5(6)9-4-7-3-8-9/h3-5H,2H2,1H3. The van der Waals surface area contributed by atoms with Crippen LogP contribution in [0, 0.1) is 0 Å². The Morgan fingerprint density at radius 3 is 3.00 bits per heavy atom. The second-order valence-corrected chi connectivity index (χ2v) is 1.72. The van der Waals surface area contributed by atoms with Crippen LogP contribution in [0.1, 0.15) is 19.6 Å². The average Bonchev–Trinajstić information content (AvgIpc) is 2.37. The summed E-state index contributed by atoms with van der Waals surface area (Å²) in [6, 6.07) is 0. The molecule has 0 spiro atoms. The Balaban J connectivity index is 2.65. The summed E-state index contributed by atoms with van der Waals surface area (Å²) < 4.78 is 13.8. The van der Waals surface area contributed by atoms with E-state index in [9.17, 15) is 4.39 Å². The normalized spacial score (nSPS) is 13.6. The van der Waals surface area contributed by atoms with Crippen LogP contribution < -0.4 is 0 Å². The molecular formula is C5H8FN3. The van der Waals surface area contributed by atoms with Crippen LogP contribution in [0.5, 0.6) is 0 Å². The van der Waals surface area contributed by atoms with E-state index in [2.05, 4.69) is 10.1 Å². The first-order valence-corrected chi connectivity index (χ1v) is 2.82. The molecule has 0 aromatic carbocycles. The highest BCUT2D eigenvalue weighted by molar-refractivity contribution is 4.58. The SMILES string of the molecule is CCC(F)n1cncn1. The lowest BCUT2D eigenvalue weighted by molar-refractivity contribution is 0.212. The molecule has 1 aromatic rings. The van der Waals surface area contributed by atoms with E-state index in [0.717, 1.165) is 0 Å². The topological polar surface area (TPSA) is 30.7 Å². The van der Waals surface area contributed by atoms with Crippen molar-refractivity contribution in [2.24, 2.45) is 0 Å². The summed E-state index contributed by atoms with van der Waals surface area (Å²) in [5.41, 5.74) is 0. The number of nitrogens with zero attached hydrogens (tertiary/aromatic N) is 3. The van der Waals surface area contributed by atoms with E-state index < -0.39 is 6.30 Å². The van der Waals surface area contributed by atoms with Gasteiger partial charge in [0.15, 0.2) is 6.30 Å². The van der Waals surface area contributed by atoms with Crippen molar-refractivity contribution in [3.05, 3.63) is 12.7 Å². The first-order chi connectivity index (χ1) is 4.34. The second-order valence-electron chi connectivity index (χ2n) is 1.72. The fourth-order valence-corrected chi connectivity index (χ4v) is 0.549. The molecule has 0 aliphatic heterocycles. The minimum Gasteiger partial charge on any atom is -0.223 e. The van der Waals surface area contributed by atoms with E-state index in [1.807, 2.05) is 0 Å². The van der Waals surface area contributed by atoms with Gasteiger partial charge < -0.3 is 0 Å². The van der Waals surface area contributed by atoms with Gasteiger partial charge in [-0.2, -0.15) is 5.10 Å². The van der Waals surface area contributed by atoms with E-state index in [1.165, 1.54) is 17.3 Å². The van der Waals surface area contributed by atoms with Gasteiger partial charge in [-0.25, -0.2) is 14.1 Å². The molecule has 1 atom stereocenters. The highest BCUT2D eigenvalue weighted by Gasteiger charge is 2.03. The highest BCUT2D eigenvalue weighted by Crippen LogP contribution is 2.07. The van der Waals surface area contributed by atoms with Crippen molar-refractivity contribution in [3.63, 3.8) is 0 Å². The van der Waals surface area contributed by atoms with Gasteiger partial charge in [0.25, 0.3) is 0 Å². The zero-order chi connectivity index (χ0) is 6.69. The van der Waals surface area contributed by atoms with Gasteiger partial charge in [0.2, 0.25) is 0 Å². The Kier molecular flexibility index (Phi) is 1.77. The molecule has 0 saturated carbocycles. The zero-order valence-corrected chi connectivity index (χ0v) is 5.16. The summed E-state index contributed by atoms with van der Waals surface area (Å²) >= 11 is 0. The fourth-order valence-electron chi connectivity index (χ4n) is 0.549. The van der Waals surface area contributed by atoms with Crippen molar-refractivity contribution in [2.75, 3.05) is 0 Å². The molecular weight excluding hydrogens is 121 g/mol. The molecule has 0 radical (unpaired) electrons. The second kappa shape index (κ2) is 2.57. The van der Waals surface area contributed by atoms with Gasteiger partial charge in [-0.3, -0.25) is 0 Å². The van der Waals surface area contributed by atoms with Crippen LogP contribution in [0.2, 0.25) is 0 Å². The highest BCUT2D eigenvalue weighted by atomic mass is 19.1. The van der Waals surface area contributed by atoms with Crippen LogP contribution >= 0.6 is 0 Å². The lowest BCUT2D eigenvalue weighted by atomic mass is 10.5. The minimum atomic E-state index is -1.02. The molecule has 1 aromatic heterocycles. The lowest BCUT2D eigenvalue weighted by Crippen LogP contribution is -2.01. The number of aromatic nitrogens is 3. The fraction of sp³-hybridized carbons (Fsp3) is 0.600. The zero-order valence-electron chi connectivity index (χ0n) is 5.16. The Hall–Kier alpha value is -0.930. The van der Waals surface area contributed by atoms with Crippen LogP contribution in [-0.2, 0) is 0 Å². The third-order valence-corrected chi connectivity index (χ3v) is 1.06. The maximum atomic E-state index is 12.6. The number of rotatable bonds is 2. The Bertz CT molecular complexity index is 161. The van der Waals surface area contributed by atoms with Crippen LogP contribution in [0.3, 0.4) is 0 Å². The third-order valence-electron chi connectivity index (χ3n) is 1.06. The molecule has 1 rings (SSSR count). The maximum absolute atomic E-state index is 12.6. The van der Waals surface area contributed by atoms with Crippen LogP contribution in [-0.4, -0.2) is 14.8 Å². The van der Waals surface area contributed by atoms with Crippen LogP contribution in [0.4, 0.5) is 4.39 Å². The van der Waals surface area contributed by atoms with Crippen LogP contribution in [0.25, 0.3) is 0 Å². The predicted octanol–water partition coefficient (Wildman–Crippen LogP) is 1.16. The van der Waals surface area contributed by atoms with Crippen molar-refractivity contribution < 1.29 is 4.39 Å². The van der Waals surface area contributed by atoms with E-state index in [1.54, 1.807) is 6.92 Å². The molecule has 9 heavy (non-hydrogen) atoms. The molecule has 3 nitrogen and oxygen atoms in total. The van der Waals surface area contributed by atoms with Gasteiger partial charge in [-0.15, -0.1) is 0 Å². The minimum absolute atomic E-state index is 0.434. The lowest BCUT2D eigenvalue weighted by Gasteiger charge is -2.01. The monoisotopic (exact) mass is 129 g/mol. The first kappa shape index (κ1) is 6.19. The van der Waals surface area contributed by atoms with Gasteiger partial charge in [-0.1, -0.05) is 6.92 Å². The smallest absolute Gasteiger partial charge is 0.193 e. The van der Waals surface area contributed by atoms with Crippen molar-refractivity contribution in [3.8, 4) is 0 Å². The summed E-state index contributed by atoms with van der Waals surface area (Å²) in [5.74, 6) is 0.